The van der Waals surface area contributed by atoms with Crippen LogP contribution in [-0.4, -0.2) is 13.3 Å². The van der Waals surface area contributed by atoms with Gasteiger partial charge in [-0.15, -0.1) is 0 Å². The Balaban J connectivity index is 2.06. The van der Waals surface area contributed by atoms with Crippen LogP contribution in [0, 0.1) is 6.92 Å². The van der Waals surface area contributed by atoms with E-state index >= 15 is 0 Å². The summed E-state index contributed by atoms with van der Waals surface area (Å²) in [5.41, 5.74) is 7.74. The molecule has 0 aliphatic rings. The van der Waals surface area contributed by atoms with Crippen LogP contribution >= 0.6 is 0 Å². The van der Waals surface area contributed by atoms with Gasteiger partial charge in [0.05, 0.1) is 0 Å². The minimum Gasteiger partial charge on any atom is -0.388 e. The van der Waals surface area contributed by atoms with Gasteiger partial charge in [0.2, 0.25) is 0 Å². The van der Waals surface area contributed by atoms with Crippen molar-refractivity contribution in [1.29, 1.82) is 0 Å². The first-order chi connectivity index (χ1) is 12.1. The molecular weight excluding hydrogens is 306 g/mol. The molecule has 0 aromatic heterocycles. The fourth-order valence-electron chi connectivity index (χ4n) is 3.01. The number of aryl methyl sites for hydroxylation is 2. The summed E-state index contributed by atoms with van der Waals surface area (Å²) in [6.07, 6.45) is 3.88. The molecule has 2 aromatic carbocycles. The van der Waals surface area contributed by atoms with Gasteiger partial charge in [-0.3, -0.25) is 4.79 Å². The molecule has 0 heterocycles. The van der Waals surface area contributed by atoms with Gasteiger partial charge in [-0.1, -0.05) is 55.1 Å². The van der Waals surface area contributed by atoms with E-state index in [0.29, 0.717) is 0 Å². The predicted molar refractivity (Wildman–Crippen MR) is 107 cm³/mol. The Labute approximate surface area is 151 Å². The van der Waals surface area contributed by atoms with Crippen LogP contribution in [0.2, 0.25) is 0 Å². The van der Waals surface area contributed by atoms with Crippen LogP contribution in [-0.2, 0) is 11.2 Å². The molecule has 2 nitrogen and oxygen atoms in total. The number of allylic oxidation sites excluding steroid dienone is 2. The van der Waals surface area contributed by atoms with Crippen molar-refractivity contribution in [2.45, 2.75) is 33.1 Å². The topological polar surface area (TPSA) is 29.1 Å². The molecule has 0 aliphatic heterocycles. The predicted octanol–water partition coefficient (Wildman–Crippen LogP) is 5.18. The Morgan fingerprint density at radius 2 is 1.80 bits per heavy atom. The van der Waals surface area contributed by atoms with Crippen LogP contribution in [0.1, 0.15) is 42.0 Å². The molecule has 0 spiro atoms. The fraction of sp³-hybridized carbons (Fsp3) is 0.261. The highest BCUT2D eigenvalue weighted by molar-refractivity contribution is 5.88. The number of hydrogen-bond acceptors (Lipinski definition) is 2. The highest BCUT2D eigenvalue weighted by Crippen LogP contribution is 2.27. The molecule has 2 aromatic rings. The van der Waals surface area contributed by atoms with E-state index in [1.54, 1.807) is 0 Å². The van der Waals surface area contributed by atoms with Gasteiger partial charge in [0.1, 0.15) is 6.29 Å². The maximum absolute atomic E-state index is 11.3. The summed E-state index contributed by atoms with van der Waals surface area (Å²) < 4.78 is 0. The molecule has 0 radical (unpaired) electrons. The highest BCUT2D eigenvalue weighted by atomic mass is 16.1. The van der Waals surface area contributed by atoms with E-state index in [-0.39, 0.29) is 0 Å². The number of aldehydes is 1. The van der Waals surface area contributed by atoms with Crippen molar-refractivity contribution in [2.75, 3.05) is 7.05 Å². The molecular formula is C23H27NO. The quantitative estimate of drug-likeness (QED) is 0.533. The average molecular weight is 333 g/mol. The molecule has 130 valence electrons. The molecule has 2 rings (SSSR count). The van der Waals surface area contributed by atoms with Crippen molar-refractivity contribution in [3.8, 4) is 0 Å². The third kappa shape index (κ3) is 4.93. The maximum Gasteiger partial charge on any atom is 0.146 e. The lowest BCUT2D eigenvalue weighted by molar-refractivity contribution is -0.104. The molecule has 25 heavy (non-hydrogen) atoms. The molecule has 0 atom stereocenters. The van der Waals surface area contributed by atoms with Crippen LogP contribution in [0.25, 0.3) is 11.3 Å². The van der Waals surface area contributed by atoms with E-state index in [1.165, 1.54) is 16.7 Å². The minimum atomic E-state index is 0.829. The van der Waals surface area contributed by atoms with Crippen LogP contribution in [0.4, 0.5) is 0 Å². The number of carbonyl (C=O) groups excluding carboxylic acids is 1. The van der Waals surface area contributed by atoms with Crippen molar-refractivity contribution >= 4 is 17.6 Å². The Morgan fingerprint density at radius 1 is 1.12 bits per heavy atom. The summed E-state index contributed by atoms with van der Waals surface area (Å²) in [4.78, 5) is 11.3. The Kier molecular flexibility index (Phi) is 6.76. The minimum absolute atomic E-state index is 0.829. The number of hydrogen-bond donors (Lipinski definition) is 1. The van der Waals surface area contributed by atoms with Crippen molar-refractivity contribution in [1.82, 2.24) is 5.32 Å². The van der Waals surface area contributed by atoms with E-state index < -0.39 is 0 Å². The molecule has 0 aliphatic carbocycles. The smallest absolute Gasteiger partial charge is 0.146 e. The second-order valence-electron chi connectivity index (χ2n) is 6.37. The first-order valence-electron chi connectivity index (χ1n) is 8.73. The van der Waals surface area contributed by atoms with Crippen molar-refractivity contribution in [3.05, 3.63) is 82.9 Å². The molecule has 0 bridgehead atoms. The fourth-order valence-corrected chi connectivity index (χ4v) is 3.01. The summed E-state index contributed by atoms with van der Waals surface area (Å²) in [5, 5.41) is 3.07. The SMILES string of the molecule is C=C(NC)c1ccc(CCC/C(=C(/C)C=O)c2ccccc2C)cc1. The number of nitrogens with one attached hydrogen (secondary N) is 1. The summed E-state index contributed by atoms with van der Waals surface area (Å²) in [5.74, 6) is 0. The lowest BCUT2D eigenvalue weighted by atomic mass is 9.92. The van der Waals surface area contributed by atoms with E-state index in [4.69, 9.17) is 0 Å². The molecule has 0 saturated carbocycles. The van der Waals surface area contributed by atoms with E-state index in [0.717, 1.165) is 48.0 Å². The molecule has 0 saturated heterocycles. The van der Waals surface area contributed by atoms with Gasteiger partial charge >= 0.3 is 0 Å². The van der Waals surface area contributed by atoms with Crippen LogP contribution in [0.3, 0.4) is 0 Å². The van der Waals surface area contributed by atoms with Crippen molar-refractivity contribution in [3.63, 3.8) is 0 Å². The second kappa shape index (κ2) is 9.03. The normalized spacial score (nSPS) is 11.6. The van der Waals surface area contributed by atoms with Crippen LogP contribution < -0.4 is 5.32 Å². The van der Waals surface area contributed by atoms with E-state index in [2.05, 4.69) is 55.2 Å². The first kappa shape index (κ1) is 18.7. The second-order valence-corrected chi connectivity index (χ2v) is 6.37. The van der Waals surface area contributed by atoms with Gasteiger partial charge in [-0.2, -0.15) is 0 Å². The van der Waals surface area contributed by atoms with Gasteiger partial charge in [-0.05, 0) is 66.5 Å². The third-order valence-corrected chi connectivity index (χ3v) is 4.62. The van der Waals surface area contributed by atoms with Crippen molar-refractivity contribution in [2.24, 2.45) is 0 Å². The van der Waals surface area contributed by atoms with Crippen LogP contribution in [0.15, 0.2) is 60.7 Å². The first-order valence-corrected chi connectivity index (χ1v) is 8.73. The van der Waals surface area contributed by atoms with E-state index in [1.807, 2.05) is 26.1 Å². The summed E-state index contributed by atoms with van der Waals surface area (Å²) in [6.45, 7) is 7.99. The third-order valence-electron chi connectivity index (χ3n) is 4.62. The van der Waals surface area contributed by atoms with Gasteiger partial charge in [0.15, 0.2) is 0 Å². The van der Waals surface area contributed by atoms with Gasteiger partial charge in [0.25, 0.3) is 0 Å². The van der Waals surface area contributed by atoms with Crippen molar-refractivity contribution < 1.29 is 4.79 Å². The monoisotopic (exact) mass is 333 g/mol. The molecule has 0 amide bonds. The summed E-state index contributed by atoms with van der Waals surface area (Å²) in [7, 11) is 1.88. The average Bonchev–Trinajstić information content (AvgIpc) is 2.65. The summed E-state index contributed by atoms with van der Waals surface area (Å²) in [6, 6.07) is 16.8. The largest absolute Gasteiger partial charge is 0.388 e. The lowest BCUT2D eigenvalue weighted by Crippen LogP contribution is -2.02. The number of rotatable bonds is 8. The molecule has 2 heteroatoms. The van der Waals surface area contributed by atoms with Gasteiger partial charge in [-0.25, -0.2) is 0 Å². The Bertz CT molecular complexity index is 769. The van der Waals surface area contributed by atoms with Gasteiger partial charge in [0, 0.05) is 12.7 Å². The standard InChI is InChI=1S/C23H27NO/c1-17-8-5-6-10-22(17)23(18(2)16-25)11-7-9-20-12-14-21(15-13-20)19(3)24-4/h5-6,8,10,12-16,24H,3,7,9,11H2,1-2,4H3/b23-18+. The maximum atomic E-state index is 11.3. The zero-order valence-electron chi connectivity index (χ0n) is 15.4. The summed E-state index contributed by atoms with van der Waals surface area (Å²) >= 11 is 0. The lowest BCUT2D eigenvalue weighted by Gasteiger charge is -2.13. The van der Waals surface area contributed by atoms with Gasteiger partial charge < -0.3 is 5.32 Å². The highest BCUT2D eigenvalue weighted by Gasteiger charge is 2.08. The zero-order valence-corrected chi connectivity index (χ0v) is 15.4. The molecule has 0 fully saturated rings. The number of benzene rings is 2. The molecule has 0 unspecified atom stereocenters. The zero-order chi connectivity index (χ0) is 18.2. The molecule has 1 N–H and O–H groups in total. The Hall–Kier alpha value is -2.61. The Morgan fingerprint density at radius 3 is 2.40 bits per heavy atom. The van der Waals surface area contributed by atoms with E-state index in [9.17, 15) is 4.79 Å². The number of carbonyl (C=O) groups is 1. The van der Waals surface area contributed by atoms with Crippen LogP contribution in [0.5, 0.6) is 0 Å².